The van der Waals surface area contributed by atoms with Gasteiger partial charge in [-0.3, -0.25) is 0 Å². The summed E-state index contributed by atoms with van der Waals surface area (Å²) in [5.74, 6) is -1.08. The lowest BCUT2D eigenvalue weighted by Crippen LogP contribution is -2.25. The fourth-order valence-corrected chi connectivity index (χ4v) is 1.30. The van der Waals surface area contributed by atoms with Crippen LogP contribution in [0, 0.1) is 0 Å². The molecule has 0 spiro atoms. The lowest BCUT2D eigenvalue weighted by Gasteiger charge is -2.15. The Kier molecular flexibility index (Phi) is 4.53. The Morgan fingerprint density at radius 3 is 2.39 bits per heavy atom. The summed E-state index contributed by atoms with van der Waals surface area (Å²) in [5, 5.41) is 8.83. The van der Waals surface area contributed by atoms with Crippen molar-refractivity contribution >= 4 is 11.9 Å². The second-order valence-electron chi connectivity index (χ2n) is 3.45. The number of hydrogen-bond acceptors (Lipinski definition) is 5. The normalized spacial score (nSPS) is 11.5. The molecule has 0 aliphatic heterocycles. The van der Waals surface area contributed by atoms with E-state index in [1.807, 2.05) is 0 Å². The van der Waals surface area contributed by atoms with Gasteiger partial charge in [-0.2, -0.15) is 0 Å². The molecule has 0 fully saturated rings. The highest BCUT2D eigenvalue weighted by molar-refractivity contribution is 5.88. The van der Waals surface area contributed by atoms with Gasteiger partial charge >= 0.3 is 11.9 Å². The third kappa shape index (κ3) is 3.13. The SMILES string of the molecule is COC(=O)[C@@H](C)Oc1ccc(C(=O)O)cc1OC. The molecule has 0 aliphatic carbocycles. The molecule has 0 heterocycles. The Hall–Kier alpha value is -2.24. The molecule has 1 aromatic rings. The van der Waals surface area contributed by atoms with E-state index in [4.69, 9.17) is 14.6 Å². The zero-order chi connectivity index (χ0) is 13.7. The van der Waals surface area contributed by atoms with Gasteiger partial charge in [0.15, 0.2) is 17.6 Å². The molecule has 1 rings (SSSR count). The van der Waals surface area contributed by atoms with Crippen LogP contribution >= 0.6 is 0 Å². The quantitative estimate of drug-likeness (QED) is 0.798. The van der Waals surface area contributed by atoms with E-state index in [-0.39, 0.29) is 17.1 Å². The number of methoxy groups -OCH3 is 2. The van der Waals surface area contributed by atoms with Crippen molar-refractivity contribution in [1.29, 1.82) is 0 Å². The van der Waals surface area contributed by atoms with E-state index >= 15 is 0 Å². The fraction of sp³-hybridized carbons (Fsp3) is 0.333. The Labute approximate surface area is 104 Å². The van der Waals surface area contributed by atoms with Crippen molar-refractivity contribution in [2.45, 2.75) is 13.0 Å². The fourth-order valence-electron chi connectivity index (χ4n) is 1.30. The largest absolute Gasteiger partial charge is 0.493 e. The predicted molar refractivity (Wildman–Crippen MR) is 62.1 cm³/mol. The molecule has 0 unspecified atom stereocenters. The zero-order valence-electron chi connectivity index (χ0n) is 10.3. The first kappa shape index (κ1) is 13.8. The van der Waals surface area contributed by atoms with Gasteiger partial charge in [-0.15, -0.1) is 0 Å². The maximum Gasteiger partial charge on any atom is 0.346 e. The topological polar surface area (TPSA) is 82.1 Å². The Bertz CT molecular complexity index is 454. The van der Waals surface area contributed by atoms with Gasteiger partial charge in [0.25, 0.3) is 0 Å². The number of carbonyl (C=O) groups is 2. The van der Waals surface area contributed by atoms with Gasteiger partial charge in [-0.25, -0.2) is 9.59 Å². The Balaban J connectivity index is 2.96. The minimum atomic E-state index is -1.07. The molecule has 0 saturated carbocycles. The minimum Gasteiger partial charge on any atom is -0.493 e. The number of rotatable bonds is 5. The number of carbonyl (C=O) groups excluding carboxylic acids is 1. The Morgan fingerprint density at radius 2 is 1.89 bits per heavy atom. The molecular formula is C12H14O6. The van der Waals surface area contributed by atoms with E-state index in [0.29, 0.717) is 0 Å². The van der Waals surface area contributed by atoms with Crippen molar-refractivity contribution in [1.82, 2.24) is 0 Å². The summed E-state index contributed by atoms with van der Waals surface area (Å²) in [5.41, 5.74) is 0.0740. The summed E-state index contributed by atoms with van der Waals surface area (Å²) in [6.07, 6.45) is -0.806. The van der Waals surface area contributed by atoms with E-state index < -0.39 is 18.0 Å². The molecule has 6 heteroatoms. The average Bonchev–Trinajstić information content (AvgIpc) is 2.37. The molecular weight excluding hydrogens is 240 g/mol. The van der Waals surface area contributed by atoms with Gasteiger partial charge in [0.1, 0.15) is 0 Å². The molecule has 1 N–H and O–H groups in total. The van der Waals surface area contributed by atoms with Gasteiger partial charge in [0.05, 0.1) is 19.8 Å². The van der Waals surface area contributed by atoms with Crippen molar-refractivity contribution in [3.8, 4) is 11.5 Å². The summed E-state index contributed by atoms with van der Waals surface area (Å²) >= 11 is 0. The van der Waals surface area contributed by atoms with Crippen LogP contribution in [0.1, 0.15) is 17.3 Å². The van der Waals surface area contributed by atoms with E-state index in [2.05, 4.69) is 4.74 Å². The first-order valence-electron chi connectivity index (χ1n) is 5.15. The average molecular weight is 254 g/mol. The van der Waals surface area contributed by atoms with Crippen LogP contribution in [-0.4, -0.2) is 37.4 Å². The highest BCUT2D eigenvalue weighted by atomic mass is 16.6. The minimum absolute atomic E-state index is 0.0740. The summed E-state index contributed by atoms with van der Waals surface area (Å²) in [4.78, 5) is 22.0. The van der Waals surface area contributed by atoms with E-state index in [9.17, 15) is 9.59 Å². The molecule has 0 radical (unpaired) electrons. The number of hydrogen-bond donors (Lipinski definition) is 1. The maximum atomic E-state index is 11.2. The van der Waals surface area contributed by atoms with Crippen molar-refractivity contribution in [3.63, 3.8) is 0 Å². The van der Waals surface area contributed by atoms with Crippen LogP contribution in [0.25, 0.3) is 0 Å². The predicted octanol–water partition coefficient (Wildman–Crippen LogP) is 1.33. The highest BCUT2D eigenvalue weighted by Gasteiger charge is 2.18. The molecule has 18 heavy (non-hydrogen) atoms. The lowest BCUT2D eigenvalue weighted by molar-refractivity contribution is -0.147. The maximum absolute atomic E-state index is 11.2. The molecule has 1 aromatic carbocycles. The van der Waals surface area contributed by atoms with Crippen molar-refractivity contribution in [2.24, 2.45) is 0 Å². The van der Waals surface area contributed by atoms with E-state index in [0.717, 1.165) is 0 Å². The van der Waals surface area contributed by atoms with Gasteiger partial charge in [0.2, 0.25) is 0 Å². The molecule has 1 atom stereocenters. The van der Waals surface area contributed by atoms with Crippen LogP contribution in [0.5, 0.6) is 11.5 Å². The summed E-state index contributed by atoms with van der Waals surface area (Å²) in [6.45, 7) is 1.52. The number of aromatic carboxylic acids is 1. The van der Waals surface area contributed by atoms with Crippen LogP contribution in [0.15, 0.2) is 18.2 Å². The second kappa shape index (κ2) is 5.90. The Morgan fingerprint density at radius 1 is 1.22 bits per heavy atom. The standard InChI is InChI=1S/C12H14O6/c1-7(12(15)17-3)18-9-5-4-8(11(13)14)6-10(9)16-2/h4-7H,1-3H3,(H,13,14)/t7-/m1/s1. The molecule has 0 saturated heterocycles. The van der Waals surface area contributed by atoms with Gasteiger partial charge in [0, 0.05) is 0 Å². The first-order chi connectivity index (χ1) is 8.49. The number of ether oxygens (including phenoxy) is 3. The second-order valence-corrected chi connectivity index (χ2v) is 3.45. The lowest BCUT2D eigenvalue weighted by atomic mass is 10.2. The molecule has 0 bridgehead atoms. The summed E-state index contributed by atoms with van der Waals surface area (Å²) < 4.78 is 14.9. The van der Waals surface area contributed by atoms with Crippen molar-refractivity contribution in [3.05, 3.63) is 23.8 Å². The van der Waals surface area contributed by atoms with Crippen LogP contribution in [0.2, 0.25) is 0 Å². The van der Waals surface area contributed by atoms with E-state index in [1.54, 1.807) is 0 Å². The van der Waals surface area contributed by atoms with Crippen LogP contribution in [-0.2, 0) is 9.53 Å². The summed E-state index contributed by atoms with van der Waals surface area (Å²) in [7, 11) is 2.64. The molecule has 0 aromatic heterocycles. The monoisotopic (exact) mass is 254 g/mol. The van der Waals surface area contributed by atoms with Gasteiger partial charge < -0.3 is 19.3 Å². The van der Waals surface area contributed by atoms with Crippen molar-refractivity contribution < 1.29 is 28.9 Å². The third-order valence-corrected chi connectivity index (χ3v) is 2.25. The third-order valence-electron chi connectivity index (χ3n) is 2.25. The smallest absolute Gasteiger partial charge is 0.346 e. The molecule has 98 valence electrons. The number of carboxylic acid groups (broad SMARTS) is 1. The van der Waals surface area contributed by atoms with E-state index in [1.165, 1.54) is 39.3 Å². The molecule has 6 nitrogen and oxygen atoms in total. The van der Waals surface area contributed by atoms with Crippen LogP contribution < -0.4 is 9.47 Å². The van der Waals surface area contributed by atoms with Crippen molar-refractivity contribution in [2.75, 3.05) is 14.2 Å². The summed E-state index contributed by atoms with van der Waals surface area (Å²) in [6, 6.07) is 4.12. The highest BCUT2D eigenvalue weighted by Crippen LogP contribution is 2.29. The van der Waals surface area contributed by atoms with Crippen LogP contribution in [0.4, 0.5) is 0 Å². The van der Waals surface area contributed by atoms with Crippen LogP contribution in [0.3, 0.4) is 0 Å². The molecule has 0 amide bonds. The number of benzene rings is 1. The zero-order valence-corrected chi connectivity index (χ0v) is 10.3. The van der Waals surface area contributed by atoms with Gasteiger partial charge in [-0.05, 0) is 25.1 Å². The molecule has 0 aliphatic rings. The number of esters is 1. The number of carboxylic acids is 1. The first-order valence-corrected chi connectivity index (χ1v) is 5.15. The van der Waals surface area contributed by atoms with Gasteiger partial charge in [-0.1, -0.05) is 0 Å².